The highest BCUT2D eigenvalue weighted by Crippen LogP contribution is 2.39. The first-order chi connectivity index (χ1) is 16.6. The van der Waals surface area contributed by atoms with Gasteiger partial charge in [-0.2, -0.15) is 0 Å². The Morgan fingerprint density at radius 1 is 0.853 bits per heavy atom. The average Bonchev–Trinajstić information content (AvgIpc) is 3.36. The zero-order valence-corrected chi connectivity index (χ0v) is 20.6. The van der Waals surface area contributed by atoms with E-state index in [-0.39, 0.29) is 5.63 Å². The lowest BCUT2D eigenvalue weighted by molar-refractivity contribution is 0.295. The smallest absolute Gasteiger partial charge is 0.339 e. The zero-order valence-electron chi connectivity index (χ0n) is 20.6. The molecule has 0 aliphatic heterocycles. The lowest BCUT2D eigenvalue weighted by Gasteiger charge is -2.16. The van der Waals surface area contributed by atoms with Gasteiger partial charge in [-0.05, 0) is 67.0 Å². The Morgan fingerprint density at radius 2 is 1.59 bits per heavy atom. The van der Waals surface area contributed by atoms with Crippen LogP contribution in [0.4, 0.5) is 0 Å². The summed E-state index contributed by atoms with van der Waals surface area (Å²) in [5, 5.41) is 1.05. The monoisotopic (exact) mass is 466 g/mol. The lowest BCUT2D eigenvalue weighted by atomic mass is 10.00. The molecule has 0 radical (unpaired) electrons. The molecule has 2 aromatic carbocycles. The van der Waals surface area contributed by atoms with E-state index in [9.17, 15) is 4.79 Å². The first-order valence-corrected chi connectivity index (χ1v) is 12.1. The van der Waals surface area contributed by atoms with Crippen LogP contribution in [0.25, 0.3) is 11.0 Å². The molecular formula is C28H34O6. The number of methoxy groups -OCH3 is 3. The summed E-state index contributed by atoms with van der Waals surface area (Å²) in [5.41, 5.74) is 4.42. The number of unbranched alkanes of at least 4 members (excludes halogenated alkanes) is 3. The van der Waals surface area contributed by atoms with Crippen molar-refractivity contribution < 1.29 is 23.4 Å². The van der Waals surface area contributed by atoms with Gasteiger partial charge in [-0.15, -0.1) is 0 Å². The van der Waals surface area contributed by atoms with Crippen molar-refractivity contribution >= 4 is 11.0 Å². The predicted octanol–water partition coefficient (Wildman–Crippen LogP) is 6.01. The molecule has 4 rings (SSSR count). The summed E-state index contributed by atoms with van der Waals surface area (Å²) in [5.74, 6) is 2.46. The molecule has 0 fully saturated rings. The van der Waals surface area contributed by atoms with Crippen molar-refractivity contribution in [2.75, 3.05) is 21.3 Å². The Bertz CT molecular complexity index is 1180. The first kappa shape index (κ1) is 24.0. The summed E-state index contributed by atoms with van der Waals surface area (Å²) in [6.07, 6.45) is 8.36. The Labute approximate surface area is 200 Å². The van der Waals surface area contributed by atoms with Crippen molar-refractivity contribution in [1.29, 1.82) is 0 Å². The third kappa shape index (κ3) is 4.86. The SMILES string of the molecule is CCCCCCc1cc2c3c(c(=O)oc2cc1OCc1cc(OC)c(OC)c(OC)c1)CCC3. The van der Waals surface area contributed by atoms with Crippen molar-refractivity contribution in [2.24, 2.45) is 0 Å². The van der Waals surface area contributed by atoms with Gasteiger partial charge >= 0.3 is 5.63 Å². The van der Waals surface area contributed by atoms with E-state index in [4.69, 9.17) is 23.4 Å². The molecule has 6 heteroatoms. The molecular weight excluding hydrogens is 432 g/mol. The van der Waals surface area contributed by atoms with Crippen LogP contribution in [-0.2, 0) is 25.9 Å². The van der Waals surface area contributed by atoms with Crippen LogP contribution < -0.4 is 24.6 Å². The van der Waals surface area contributed by atoms with Crippen molar-refractivity contribution in [1.82, 2.24) is 0 Å². The van der Waals surface area contributed by atoms with E-state index in [1.54, 1.807) is 21.3 Å². The van der Waals surface area contributed by atoms with Crippen LogP contribution in [0.1, 0.15) is 61.3 Å². The summed E-state index contributed by atoms with van der Waals surface area (Å²) in [4.78, 5) is 12.5. The summed E-state index contributed by atoms with van der Waals surface area (Å²) in [6.45, 7) is 2.53. The van der Waals surface area contributed by atoms with Crippen LogP contribution in [0.2, 0.25) is 0 Å². The molecule has 1 aliphatic rings. The molecule has 1 aliphatic carbocycles. The number of fused-ring (bicyclic) bond motifs is 3. The van der Waals surface area contributed by atoms with E-state index in [1.165, 1.54) is 19.3 Å². The summed E-state index contributed by atoms with van der Waals surface area (Å²) in [7, 11) is 4.78. The Kier molecular flexibility index (Phi) is 7.66. The van der Waals surface area contributed by atoms with E-state index >= 15 is 0 Å². The topological polar surface area (TPSA) is 67.1 Å². The van der Waals surface area contributed by atoms with Crippen LogP contribution in [-0.4, -0.2) is 21.3 Å². The van der Waals surface area contributed by atoms with Gasteiger partial charge in [0.25, 0.3) is 0 Å². The molecule has 0 bridgehead atoms. The van der Waals surface area contributed by atoms with E-state index in [0.29, 0.717) is 29.4 Å². The molecule has 0 spiro atoms. The molecule has 34 heavy (non-hydrogen) atoms. The Balaban J connectivity index is 1.68. The Morgan fingerprint density at radius 3 is 2.26 bits per heavy atom. The molecule has 0 N–H and O–H groups in total. The van der Waals surface area contributed by atoms with E-state index < -0.39 is 0 Å². The number of benzene rings is 2. The highest BCUT2D eigenvalue weighted by molar-refractivity contribution is 5.84. The zero-order chi connectivity index (χ0) is 24.1. The van der Waals surface area contributed by atoms with Gasteiger partial charge in [-0.3, -0.25) is 0 Å². The highest BCUT2D eigenvalue weighted by atomic mass is 16.5. The number of ether oxygens (including phenoxy) is 4. The fourth-order valence-electron chi connectivity index (χ4n) is 4.81. The van der Waals surface area contributed by atoms with Gasteiger partial charge in [0.2, 0.25) is 5.75 Å². The third-order valence-electron chi connectivity index (χ3n) is 6.57. The van der Waals surface area contributed by atoms with Gasteiger partial charge in [0, 0.05) is 17.0 Å². The van der Waals surface area contributed by atoms with Crippen LogP contribution in [0.15, 0.2) is 33.5 Å². The Hall–Kier alpha value is -3.15. The van der Waals surface area contributed by atoms with Gasteiger partial charge < -0.3 is 23.4 Å². The molecule has 3 aromatic rings. The molecule has 182 valence electrons. The number of hydrogen-bond donors (Lipinski definition) is 0. The number of aryl methyl sites for hydroxylation is 2. The summed E-state index contributed by atoms with van der Waals surface area (Å²) < 4.78 is 28.4. The first-order valence-electron chi connectivity index (χ1n) is 12.1. The maximum Gasteiger partial charge on any atom is 0.339 e. The third-order valence-corrected chi connectivity index (χ3v) is 6.57. The minimum Gasteiger partial charge on any atom is -0.493 e. The van der Waals surface area contributed by atoms with Crippen molar-refractivity contribution in [2.45, 2.75) is 64.9 Å². The number of hydrogen-bond acceptors (Lipinski definition) is 6. The lowest BCUT2D eigenvalue weighted by Crippen LogP contribution is -2.08. The second kappa shape index (κ2) is 10.9. The maximum absolute atomic E-state index is 12.5. The molecule has 0 saturated carbocycles. The van der Waals surface area contributed by atoms with Gasteiger partial charge in [0.05, 0.1) is 21.3 Å². The second-order valence-corrected chi connectivity index (χ2v) is 8.79. The number of rotatable bonds is 11. The maximum atomic E-state index is 12.5. The molecule has 0 amide bonds. The van der Waals surface area contributed by atoms with E-state index in [1.807, 2.05) is 18.2 Å². The fraction of sp³-hybridized carbons (Fsp3) is 0.464. The molecule has 1 aromatic heterocycles. The van der Waals surface area contributed by atoms with E-state index in [0.717, 1.165) is 65.5 Å². The van der Waals surface area contributed by atoms with Crippen LogP contribution in [0.3, 0.4) is 0 Å². The largest absolute Gasteiger partial charge is 0.493 e. The minimum absolute atomic E-state index is 0.216. The normalized spacial score (nSPS) is 12.6. The van der Waals surface area contributed by atoms with Gasteiger partial charge in [0.1, 0.15) is 17.9 Å². The fourth-order valence-corrected chi connectivity index (χ4v) is 4.81. The second-order valence-electron chi connectivity index (χ2n) is 8.79. The summed E-state index contributed by atoms with van der Waals surface area (Å²) in [6, 6.07) is 7.84. The molecule has 6 nitrogen and oxygen atoms in total. The molecule has 0 saturated heterocycles. The van der Waals surface area contributed by atoms with Gasteiger partial charge in [-0.25, -0.2) is 4.79 Å². The average molecular weight is 467 g/mol. The molecule has 1 heterocycles. The predicted molar refractivity (Wildman–Crippen MR) is 133 cm³/mol. The van der Waals surface area contributed by atoms with Crippen molar-refractivity contribution in [3.63, 3.8) is 0 Å². The quantitative estimate of drug-likeness (QED) is 0.255. The summed E-state index contributed by atoms with van der Waals surface area (Å²) >= 11 is 0. The van der Waals surface area contributed by atoms with Crippen LogP contribution in [0.5, 0.6) is 23.0 Å². The van der Waals surface area contributed by atoms with Gasteiger partial charge in [0.15, 0.2) is 11.5 Å². The molecule has 0 unspecified atom stereocenters. The van der Waals surface area contributed by atoms with Crippen molar-refractivity contribution in [3.05, 3.63) is 56.9 Å². The van der Waals surface area contributed by atoms with E-state index in [2.05, 4.69) is 13.0 Å². The van der Waals surface area contributed by atoms with Crippen molar-refractivity contribution in [3.8, 4) is 23.0 Å². The minimum atomic E-state index is -0.216. The highest BCUT2D eigenvalue weighted by Gasteiger charge is 2.21. The van der Waals surface area contributed by atoms with Crippen LogP contribution in [0, 0.1) is 0 Å². The van der Waals surface area contributed by atoms with Gasteiger partial charge in [-0.1, -0.05) is 26.2 Å². The standard InChI is InChI=1S/C28H34O6/c1-5-6-7-8-10-19-15-22-20-11-9-12-21(20)28(29)34-24(22)16-23(19)33-17-18-13-25(30-2)27(32-4)26(14-18)31-3/h13-16H,5-12,17H2,1-4H3. The van der Waals surface area contributed by atoms with Crippen LogP contribution >= 0.6 is 0 Å². The molecule has 0 atom stereocenters.